The number of carboxylic acids is 2. The SMILES string of the molecule is C=CCCC(CCCC(=O)O)C(=O)O. The van der Waals surface area contributed by atoms with Crippen LogP contribution in [0.15, 0.2) is 12.7 Å². The van der Waals surface area contributed by atoms with Crippen LogP contribution in [0.3, 0.4) is 0 Å². The lowest BCUT2D eigenvalue weighted by Gasteiger charge is -2.09. The maximum Gasteiger partial charge on any atom is 0.306 e. The van der Waals surface area contributed by atoms with Crippen molar-refractivity contribution < 1.29 is 19.8 Å². The van der Waals surface area contributed by atoms with Gasteiger partial charge in [0.15, 0.2) is 0 Å². The van der Waals surface area contributed by atoms with Crippen molar-refractivity contribution >= 4 is 11.9 Å². The van der Waals surface area contributed by atoms with Crippen molar-refractivity contribution in [2.75, 3.05) is 0 Å². The number of aliphatic carboxylic acids is 2. The Balaban J connectivity index is 3.78. The van der Waals surface area contributed by atoms with Gasteiger partial charge < -0.3 is 10.2 Å². The Labute approximate surface area is 83.2 Å². The summed E-state index contributed by atoms with van der Waals surface area (Å²) in [6.07, 6.45) is 3.76. The summed E-state index contributed by atoms with van der Waals surface area (Å²) < 4.78 is 0. The fourth-order valence-electron chi connectivity index (χ4n) is 1.21. The molecular formula is C10H16O4. The zero-order valence-corrected chi connectivity index (χ0v) is 8.11. The van der Waals surface area contributed by atoms with Gasteiger partial charge in [0.25, 0.3) is 0 Å². The summed E-state index contributed by atoms with van der Waals surface area (Å²) in [5, 5.41) is 17.2. The van der Waals surface area contributed by atoms with E-state index in [0.29, 0.717) is 25.7 Å². The van der Waals surface area contributed by atoms with Gasteiger partial charge in [-0.1, -0.05) is 6.08 Å². The standard InChI is InChI=1S/C10H16O4/c1-2-3-5-8(10(13)14)6-4-7-9(11)12/h2,8H,1,3-7H2,(H,11,12)(H,13,14). The van der Waals surface area contributed by atoms with Crippen LogP contribution in [0.2, 0.25) is 0 Å². The van der Waals surface area contributed by atoms with Crippen molar-refractivity contribution in [3.63, 3.8) is 0 Å². The van der Waals surface area contributed by atoms with Crippen molar-refractivity contribution in [3.05, 3.63) is 12.7 Å². The van der Waals surface area contributed by atoms with Crippen molar-refractivity contribution in [2.24, 2.45) is 5.92 Å². The van der Waals surface area contributed by atoms with Crippen LogP contribution in [-0.2, 0) is 9.59 Å². The predicted octanol–water partition coefficient (Wildman–Crippen LogP) is 1.91. The largest absolute Gasteiger partial charge is 0.481 e. The summed E-state index contributed by atoms with van der Waals surface area (Å²) in [4.78, 5) is 20.9. The Hall–Kier alpha value is -1.32. The third-order valence-electron chi connectivity index (χ3n) is 2.01. The minimum absolute atomic E-state index is 0.0396. The van der Waals surface area contributed by atoms with Crippen LogP contribution in [0.5, 0.6) is 0 Å². The highest BCUT2D eigenvalue weighted by Gasteiger charge is 2.16. The van der Waals surface area contributed by atoms with Crippen molar-refractivity contribution in [2.45, 2.75) is 32.1 Å². The Kier molecular flexibility index (Phi) is 6.45. The fourth-order valence-corrected chi connectivity index (χ4v) is 1.21. The molecule has 14 heavy (non-hydrogen) atoms. The van der Waals surface area contributed by atoms with E-state index in [2.05, 4.69) is 6.58 Å². The average Bonchev–Trinajstić information content (AvgIpc) is 2.09. The molecular weight excluding hydrogens is 184 g/mol. The van der Waals surface area contributed by atoms with E-state index in [4.69, 9.17) is 10.2 Å². The molecule has 1 atom stereocenters. The van der Waals surface area contributed by atoms with Gasteiger partial charge in [0, 0.05) is 6.42 Å². The molecule has 0 amide bonds. The molecule has 4 nitrogen and oxygen atoms in total. The van der Waals surface area contributed by atoms with Crippen LogP contribution in [-0.4, -0.2) is 22.2 Å². The molecule has 0 saturated carbocycles. The zero-order chi connectivity index (χ0) is 11.0. The Morgan fingerprint density at radius 1 is 1.29 bits per heavy atom. The number of carbonyl (C=O) groups is 2. The summed E-state index contributed by atoms with van der Waals surface area (Å²) >= 11 is 0. The molecule has 0 heterocycles. The minimum atomic E-state index is -0.877. The first-order valence-corrected chi connectivity index (χ1v) is 4.63. The first-order chi connectivity index (χ1) is 6.57. The van der Waals surface area contributed by atoms with Gasteiger partial charge in [0.1, 0.15) is 0 Å². The van der Waals surface area contributed by atoms with Gasteiger partial charge in [-0.3, -0.25) is 9.59 Å². The number of allylic oxidation sites excluding steroid dienone is 1. The van der Waals surface area contributed by atoms with Crippen molar-refractivity contribution in [1.82, 2.24) is 0 Å². The Morgan fingerprint density at radius 3 is 2.36 bits per heavy atom. The third kappa shape index (κ3) is 6.22. The minimum Gasteiger partial charge on any atom is -0.481 e. The zero-order valence-electron chi connectivity index (χ0n) is 8.11. The van der Waals surface area contributed by atoms with Gasteiger partial charge in [-0.2, -0.15) is 0 Å². The molecule has 0 aromatic rings. The summed E-state index contributed by atoms with van der Waals surface area (Å²) in [6, 6.07) is 0. The molecule has 2 N–H and O–H groups in total. The first kappa shape index (κ1) is 12.7. The molecule has 80 valence electrons. The molecule has 0 aromatic heterocycles. The van der Waals surface area contributed by atoms with Gasteiger partial charge in [-0.25, -0.2) is 0 Å². The van der Waals surface area contributed by atoms with Crippen LogP contribution in [0.4, 0.5) is 0 Å². The van der Waals surface area contributed by atoms with Crippen molar-refractivity contribution in [3.8, 4) is 0 Å². The smallest absolute Gasteiger partial charge is 0.306 e. The predicted molar refractivity (Wildman–Crippen MR) is 52.0 cm³/mol. The molecule has 0 aliphatic carbocycles. The van der Waals surface area contributed by atoms with Gasteiger partial charge in [0.2, 0.25) is 0 Å². The second-order valence-corrected chi connectivity index (χ2v) is 3.19. The highest BCUT2D eigenvalue weighted by molar-refractivity contribution is 5.70. The quantitative estimate of drug-likeness (QED) is 0.587. The molecule has 0 spiro atoms. The van der Waals surface area contributed by atoms with Crippen LogP contribution in [0, 0.1) is 5.92 Å². The number of carboxylic acid groups (broad SMARTS) is 2. The van der Waals surface area contributed by atoms with Crippen LogP contribution < -0.4 is 0 Å². The van der Waals surface area contributed by atoms with E-state index < -0.39 is 17.9 Å². The normalized spacial score (nSPS) is 12.0. The molecule has 0 rings (SSSR count). The molecule has 0 bridgehead atoms. The summed E-state index contributed by atoms with van der Waals surface area (Å²) in [5.74, 6) is -2.16. The molecule has 0 aromatic carbocycles. The summed E-state index contributed by atoms with van der Waals surface area (Å²) in [5.41, 5.74) is 0. The second kappa shape index (κ2) is 7.12. The van der Waals surface area contributed by atoms with E-state index in [1.807, 2.05) is 0 Å². The number of hydrogen-bond acceptors (Lipinski definition) is 2. The number of hydrogen-bond donors (Lipinski definition) is 2. The highest BCUT2D eigenvalue weighted by atomic mass is 16.4. The average molecular weight is 200 g/mol. The van der Waals surface area contributed by atoms with E-state index in [0.717, 1.165) is 0 Å². The van der Waals surface area contributed by atoms with Crippen LogP contribution in [0.1, 0.15) is 32.1 Å². The Morgan fingerprint density at radius 2 is 1.93 bits per heavy atom. The Bertz CT molecular complexity index is 210. The monoisotopic (exact) mass is 200 g/mol. The highest BCUT2D eigenvalue weighted by Crippen LogP contribution is 2.15. The van der Waals surface area contributed by atoms with Crippen LogP contribution in [0.25, 0.3) is 0 Å². The number of rotatable bonds is 8. The second-order valence-electron chi connectivity index (χ2n) is 3.19. The van der Waals surface area contributed by atoms with Gasteiger partial charge in [-0.05, 0) is 25.7 Å². The lowest BCUT2D eigenvalue weighted by molar-refractivity contribution is -0.143. The van der Waals surface area contributed by atoms with Crippen molar-refractivity contribution in [1.29, 1.82) is 0 Å². The van der Waals surface area contributed by atoms with E-state index in [1.165, 1.54) is 0 Å². The maximum atomic E-state index is 10.7. The lowest BCUT2D eigenvalue weighted by Crippen LogP contribution is -2.13. The molecule has 4 heteroatoms. The summed E-state index contributed by atoms with van der Waals surface area (Å²) in [6.45, 7) is 3.51. The van der Waals surface area contributed by atoms with E-state index in [-0.39, 0.29) is 6.42 Å². The van der Waals surface area contributed by atoms with E-state index >= 15 is 0 Å². The van der Waals surface area contributed by atoms with Gasteiger partial charge >= 0.3 is 11.9 Å². The van der Waals surface area contributed by atoms with Gasteiger partial charge in [0.05, 0.1) is 5.92 Å². The molecule has 0 radical (unpaired) electrons. The molecule has 1 unspecified atom stereocenters. The molecule has 0 fully saturated rings. The molecule has 0 aliphatic heterocycles. The maximum absolute atomic E-state index is 10.7. The fraction of sp³-hybridized carbons (Fsp3) is 0.600. The van der Waals surface area contributed by atoms with Gasteiger partial charge in [-0.15, -0.1) is 6.58 Å². The van der Waals surface area contributed by atoms with E-state index in [1.54, 1.807) is 6.08 Å². The summed E-state index contributed by atoms with van der Waals surface area (Å²) in [7, 11) is 0. The first-order valence-electron chi connectivity index (χ1n) is 4.63. The van der Waals surface area contributed by atoms with E-state index in [9.17, 15) is 9.59 Å². The molecule has 0 aliphatic rings. The molecule has 0 saturated heterocycles. The van der Waals surface area contributed by atoms with Crippen LogP contribution >= 0.6 is 0 Å². The third-order valence-corrected chi connectivity index (χ3v) is 2.01. The lowest BCUT2D eigenvalue weighted by atomic mass is 9.97. The topological polar surface area (TPSA) is 74.6 Å².